The Bertz CT molecular complexity index is 871. The quantitative estimate of drug-likeness (QED) is 0.566. The summed E-state index contributed by atoms with van der Waals surface area (Å²) in [6.45, 7) is 4.30. The summed E-state index contributed by atoms with van der Waals surface area (Å²) in [6, 6.07) is 16.0. The van der Waals surface area contributed by atoms with Gasteiger partial charge in [0.25, 0.3) is 5.91 Å². The normalized spacial score (nSPS) is 10.9. The van der Waals surface area contributed by atoms with Crippen LogP contribution in [0.5, 0.6) is 0 Å². The SMILES string of the molecule is CC(C)c1ccc(NC(=O)c2csc(Cc3ccccc3Br)n2)cc1. The molecule has 25 heavy (non-hydrogen) atoms. The molecule has 0 saturated carbocycles. The molecule has 0 aliphatic rings. The van der Waals surface area contributed by atoms with Gasteiger partial charge in [-0.15, -0.1) is 11.3 Å². The maximum Gasteiger partial charge on any atom is 0.275 e. The molecule has 128 valence electrons. The monoisotopic (exact) mass is 414 g/mol. The molecule has 0 bridgehead atoms. The summed E-state index contributed by atoms with van der Waals surface area (Å²) in [5.74, 6) is 0.301. The van der Waals surface area contributed by atoms with E-state index in [9.17, 15) is 4.79 Å². The maximum atomic E-state index is 12.4. The van der Waals surface area contributed by atoms with Crippen LogP contribution in [0.2, 0.25) is 0 Å². The zero-order chi connectivity index (χ0) is 17.8. The summed E-state index contributed by atoms with van der Waals surface area (Å²) in [5.41, 5.74) is 3.66. The second kappa shape index (κ2) is 7.93. The lowest BCUT2D eigenvalue weighted by molar-refractivity contribution is 0.102. The van der Waals surface area contributed by atoms with Crippen molar-refractivity contribution in [2.24, 2.45) is 0 Å². The Balaban J connectivity index is 1.67. The minimum atomic E-state index is -0.174. The molecule has 5 heteroatoms. The van der Waals surface area contributed by atoms with Gasteiger partial charge in [0.05, 0.1) is 5.01 Å². The van der Waals surface area contributed by atoms with Gasteiger partial charge in [-0.3, -0.25) is 4.79 Å². The van der Waals surface area contributed by atoms with Crippen molar-refractivity contribution in [2.75, 3.05) is 5.32 Å². The van der Waals surface area contributed by atoms with E-state index in [1.165, 1.54) is 16.9 Å². The summed E-state index contributed by atoms with van der Waals surface area (Å²) >= 11 is 5.05. The second-order valence-electron chi connectivity index (χ2n) is 6.13. The molecule has 0 radical (unpaired) electrons. The Morgan fingerprint density at radius 2 is 1.88 bits per heavy atom. The van der Waals surface area contributed by atoms with Gasteiger partial charge in [-0.05, 0) is 35.2 Å². The number of carbonyl (C=O) groups is 1. The molecule has 0 fully saturated rings. The average Bonchev–Trinajstić information content (AvgIpc) is 3.06. The van der Waals surface area contributed by atoms with Gasteiger partial charge in [-0.25, -0.2) is 4.98 Å². The van der Waals surface area contributed by atoms with Crippen LogP contribution in [0.3, 0.4) is 0 Å². The predicted molar refractivity (Wildman–Crippen MR) is 108 cm³/mol. The van der Waals surface area contributed by atoms with E-state index in [0.717, 1.165) is 20.7 Å². The van der Waals surface area contributed by atoms with Gasteiger partial charge in [-0.1, -0.05) is 60.1 Å². The third-order valence-electron chi connectivity index (χ3n) is 3.92. The van der Waals surface area contributed by atoms with E-state index in [-0.39, 0.29) is 5.91 Å². The highest BCUT2D eigenvalue weighted by Crippen LogP contribution is 2.22. The van der Waals surface area contributed by atoms with Gasteiger partial charge in [0, 0.05) is 22.0 Å². The molecule has 1 amide bonds. The van der Waals surface area contributed by atoms with E-state index in [1.54, 1.807) is 0 Å². The predicted octanol–water partition coefficient (Wildman–Crippen LogP) is 5.87. The number of hydrogen-bond acceptors (Lipinski definition) is 3. The largest absolute Gasteiger partial charge is 0.321 e. The van der Waals surface area contributed by atoms with E-state index in [2.05, 4.69) is 46.1 Å². The fourth-order valence-electron chi connectivity index (χ4n) is 2.45. The smallest absolute Gasteiger partial charge is 0.275 e. The van der Waals surface area contributed by atoms with Crippen LogP contribution in [0.25, 0.3) is 0 Å². The Kier molecular flexibility index (Phi) is 5.66. The van der Waals surface area contributed by atoms with Crippen LogP contribution in [0.1, 0.15) is 46.4 Å². The number of nitrogens with one attached hydrogen (secondary N) is 1. The van der Waals surface area contributed by atoms with E-state index in [4.69, 9.17) is 0 Å². The zero-order valence-corrected chi connectivity index (χ0v) is 16.5. The van der Waals surface area contributed by atoms with Gasteiger partial charge < -0.3 is 5.32 Å². The number of carbonyl (C=O) groups excluding carboxylic acids is 1. The summed E-state index contributed by atoms with van der Waals surface area (Å²) in [7, 11) is 0. The molecule has 1 N–H and O–H groups in total. The molecule has 0 spiro atoms. The van der Waals surface area contributed by atoms with E-state index < -0.39 is 0 Å². The molecule has 0 aliphatic heterocycles. The zero-order valence-electron chi connectivity index (χ0n) is 14.1. The third kappa shape index (κ3) is 4.55. The van der Waals surface area contributed by atoms with Crippen LogP contribution in [0.15, 0.2) is 58.4 Å². The summed E-state index contributed by atoms with van der Waals surface area (Å²) in [5, 5.41) is 5.64. The first-order valence-corrected chi connectivity index (χ1v) is 9.79. The van der Waals surface area contributed by atoms with Crippen molar-refractivity contribution >= 4 is 38.9 Å². The number of rotatable bonds is 5. The number of thiazole rings is 1. The Hall–Kier alpha value is -1.98. The highest BCUT2D eigenvalue weighted by molar-refractivity contribution is 9.10. The summed E-state index contributed by atoms with van der Waals surface area (Å²) in [6.07, 6.45) is 0.711. The van der Waals surface area contributed by atoms with Crippen LogP contribution in [0.4, 0.5) is 5.69 Å². The molecule has 1 aromatic heterocycles. The first kappa shape index (κ1) is 17.8. The third-order valence-corrected chi connectivity index (χ3v) is 5.54. The lowest BCUT2D eigenvalue weighted by Crippen LogP contribution is -2.12. The molecule has 3 aromatic rings. The van der Waals surface area contributed by atoms with E-state index in [0.29, 0.717) is 18.0 Å². The van der Waals surface area contributed by atoms with Gasteiger partial charge in [0.15, 0.2) is 0 Å². The van der Waals surface area contributed by atoms with Crippen molar-refractivity contribution < 1.29 is 4.79 Å². The highest BCUT2D eigenvalue weighted by atomic mass is 79.9. The number of amides is 1. The van der Waals surface area contributed by atoms with E-state index in [1.807, 2.05) is 47.8 Å². The number of benzene rings is 2. The Labute approximate surface area is 160 Å². The van der Waals surface area contributed by atoms with Crippen molar-refractivity contribution in [2.45, 2.75) is 26.2 Å². The van der Waals surface area contributed by atoms with Crippen molar-refractivity contribution in [1.82, 2.24) is 4.98 Å². The summed E-state index contributed by atoms with van der Waals surface area (Å²) in [4.78, 5) is 16.9. The van der Waals surface area contributed by atoms with Crippen molar-refractivity contribution in [3.05, 3.63) is 80.2 Å². The van der Waals surface area contributed by atoms with Crippen LogP contribution in [0, 0.1) is 0 Å². The molecule has 0 aliphatic carbocycles. The molecule has 3 rings (SSSR count). The number of hydrogen-bond donors (Lipinski definition) is 1. The first-order valence-electron chi connectivity index (χ1n) is 8.12. The molecule has 0 unspecified atom stereocenters. The average molecular weight is 415 g/mol. The van der Waals surface area contributed by atoms with Gasteiger partial charge in [-0.2, -0.15) is 0 Å². The fraction of sp³-hybridized carbons (Fsp3) is 0.200. The molecule has 2 aromatic carbocycles. The number of nitrogens with zero attached hydrogens (tertiary/aromatic N) is 1. The first-order chi connectivity index (χ1) is 12.0. The number of halogens is 1. The Morgan fingerprint density at radius 1 is 1.16 bits per heavy atom. The molecule has 3 nitrogen and oxygen atoms in total. The minimum absolute atomic E-state index is 0.174. The van der Waals surface area contributed by atoms with Crippen LogP contribution in [-0.2, 0) is 6.42 Å². The second-order valence-corrected chi connectivity index (χ2v) is 7.92. The number of aromatic nitrogens is 1. The lowest BCUT2D eigenvalue weighted by Gasteiger charge is -2.07. The van der Waals surface area contributed by atoms with Crippen molar-refractivity contribution in [3.8, 4) is 0 Å². The summed E-state index contributed by atoms with van der Waals surface area (Å²) < 4.78 is 1.06. The van der Waals surface area contributed by atoms with Crippen LogP contribution in [-0.4, -0.2) is 10.9 Å². The molecule has 0 saturated heterocycles. The topological polar surface area (TPSA) is 42.0 Å². The van der Waals surface area contributed by atoms with Crippen LogP contribution >= 0.6 is 27.3 Å². The van der Waals surface area contributed by atoms with Crippen molar-refractivity contribution in [1.29, 1.82) is 0 Å². The fourth-order valence-corrected chi connectivity index (χ4v) is 3.67. The minimum Gasteiger partial charge on any atom is -0.321 e. The molecule has 1 heterocycles. The van der Waals surface area contributed by atoms with Gasteiger partial charge >= 0.3 is 0 Å². The highest BCUT2D eigenvalue weighted by Gasteiger charge is 2.12. The standard InChI is InChI=1S/C20H19BrN2OS/c1-13(2)14-7-9-16(10-8-14)22-20(24)18-12-25-19(23-18)11-15-5-3-4-6-17(15)21/h3-10,12-13H,11H2,1-2H3,(H,22,24). The molecular weight excluding hydrogens is 396 g/mol. The lowest BCUT2D eigenvalue weighted by atomic mass is 10.0. The maximum absolute atomic E-state index is 12.4. The number of anilines is 1. The molecular formula is C20H19BrN2OS. The Morgan fingerprint density at radius 3 is 2.56 bits per heavy atom. The van der Waals surface area contributed by atoms with Gasteiger partial charge in [0.1, 0.15) is 5.69 Å². The van der Waals surface area contributed by atoms with Crippen LogP contribution < -0.4 is 5.32 Å². The van der Waals surface area contributed by atoms with Gasteiger partial charge in [0.2, 0.25) is 0 Å². The molecule has 0 atom stereocenters. The van der Waals surface area contributed by atoms with Crippen molar-refractivity contribution in [3.63, 3.8) is 0 Å². The van der Waals surface area contributed by atoms with E-state index >= 15 is 0 Å².